The van der Waals surface area contributed by atoms with E-state index in [2.05, 4.69) is 20.2 Å². The van der Waals surface area contributed by atoms with Gasteiger partial charge < -0.3 is 4.74 Å². The molecule has 5 atom stereocenters. The van der Waals surface area contributed by atoms with Gasteiger partial charge in [0.1, 0.15) is 17.2 Å². The van der Waals surface area contributed by atoms with Crippen molar-refractivity contribution in [3.05, 3.63) is 71.4 Å². The van der Waals surface area contributed by atoms with E-state index in [1.165, 1.54) is 18.2 Å². The van der Waals surface area contributed by atoms with Crippen LogP contribution in [-0.2, 0) is 16.9 Å². The van der Waals surface area contributed by atoms with Crippen LogP contribution in [0.15, 0.2) is 42.9 Å². The maximum absolute atomic E-state index is 14.2. The van der Waals surface area contributed by atoms with Crippen LogP contribution in [0.1, 0.15) is 29.3 Å². The van der Waals surface area contributed by atoms with Gasteiger partial charge in [-0.1, -0.05) is 6.07 Å². The van der Waals surface area contributed by atoms with E-state index in [1.54, 1.807) is 18.6 Å². The number of aromatic nitrogens is 4. The summed E-state index contributed by atoms with van der Waals surface area (Å²) in [5, 5.41) is 8.62. The van der Waals surface area contributed by atoms with Gasteiger partial charge in [-0.05, 0) is 42.0 Å². The number of rotatable bonds is 4. The van der Waals surface area contributed by atoms with Crippen LogP contribution < -0.4 is 0 Å². The molecule has 1 aromatic carbocycles. The fourth-order valence-electron chi connectivity index (χ4n) is 6.17. The van der Waals surface area contributed by atoms with Crippen LogP contribution in [0.25, 0.3) is 11.3 Å². The lowest BCUT2D eigenvalue weighted by Crippen LogP contribution is -2.47. The molecule has 3 saturated carbocycles. The lowest BCUT2D eigenvalue weighted by molar-refractivity contribution is -0.109. The van der Waals surface area contributed by atoms with E-state index in [4.69, 9.17) is 4.74 Å². The van der Waals surface area contributed by atoms with Crippen LogP contribution in [-0.4, -0.2) is 20.2 Å². The molecule has 4 bridgehead atoms. The van der Waals surface area contributed by atoms with Crippen molar-refractivity contribution in [1.82, 2.24) is 20.2 Å². The topological polar surface area (TPSA) is 60.8 Å². The molecule has 3 unspecified atom stereocenters. The Morgan fingerprint density at radius 2 is 2.00 bits per heavy atom. The van der Waals surface area contributed by atoms with Crippen molar-refractivity contribution in [3.8, 4) is 11.3 Å². The van der Waals surface area contributed by atoms with Gasteiger partial charge in [0, 0.05) is 23.7 Å². The lowest BCUT2D eigenvalue weighted by atomic mass is 9.58. The van der Waals surface area contributed by atoms with Gasteiger partial charge in [0.05, 0.1) is 35.4 Å². The largest absolute Gasteiger partial charge is 0.361 e. The van der Waals surface area contributed by atoms with Crippen molar-refractivity contribution in [1.29, 1.82) is 0 Å². The van der Waals surface area contributed by atoms with E-state index in [0.29, 0.717) is 24.4 Å². The van der Waals surface area contributed by atoms with E-state index >= 15 is 0 Å². The zero-order chi connectivity index (χ0) is 18.7. The molecular weight excluding hydrogens is 362 g/mol. The van der Waals surface area contributed by atoms with Crippen molar-refractivity contribution in [3.63, 3.8) is 0 Å². The highest BCUT2D eigenvalue weighted by atomic mass is 19.1. The van der Waals surface area contributed by atoms with Crippen molar-refractivity contribution < 1.29 is 13.5 Å². The number of halogens is 2. The summed E-state index contributed by atoms with van der Waals surface area (Å²) in [6.07, 6.45) is 6.03. The quantitative estimate of drug-likeness (QED) is 0.699. The van der Waals surface area contributed by atoms with Crippen LogP contribution in [0.2, 0.25) is 0 Å². The van der Waals surface area contributed by atoms with Crippen LogP contribution in [0.3, 0.4) is 0 Å². The third-order valence-electron chi connectivity index (χ3n) is 7.30. The summed E-state index contributed by atoms with van der Waals surface area (Å²) < 4.78 is 34.8. The predicted octanol–water partition coefficient (Wildman–Crippen LogP) is 3.37. The maximum atomic E-state index is 14.2. The van der Waals surface area contributed by atoms with E-state index < -0.39 is 17.2 Å². The van der Waals surface area contributed by atoms with Gasteiger partial charge in [0.25, 0.3) is 0 Å². The average Bonchev–Trinajstić information content (AvgIpc) is 3.51. The molecule has 2 heterocycles. The molecule has 7 heteroatoms. The average molecular weight is 376 g/mol. The van der Waals surface area contributed by atoms with Gasteiger partial charge in [-0.3, -0.25) is 9.97 Å². The summed E-state index contributed by atoms with van der Waals surface area (Å²) in [6, 6.07) is 5.64. The Bertz CT molecular complexity index is 1150. The van der Waals surface area contributed by atoms with Crippen LogP contribution in [0.5, 0.6) is 0 Å². The number of benzene rings is 1. The van der Waals surface area contributed by atoms with E-state index in [0.717, 1.165) is 23.4 Å². The minimum Gasteiger partial charge on any atom is -0.361 e. The highest BCUT2D eigenvalue weighted by molar-refractivity contribution is 5.68. The highest BCUT2D eigenvalue weighted by Gasteiger charge is 3.05. The Morgan fingerprint density at radius 1 is 1.14 bits per heavy atom. The Labute approximate surface area is 158 Å². The standard InChI is InChI=1S/C21H14F2N4O/c22-13-2-1-3-14(23)16(13)15-6-11-12-7-20-17(12)18(20)21(20,19(11)27-26-15)28-9-10-8-24-4-5-25-10/h1-6,8,12,17-18H,7,9H2/t12-,17?,18?,20?,21+/m1/s1. The minimum absolute atomic E-state index is 0.118. The molecule has 28 heavy (non-hydrogen) atoms. The molecule has 0 saturated heterocycles. The first-order chi connectivity index (χ1) is 13.7. The summed E-state index contributed by atoms with van der Waals surface area (Å²) in [5.41, 5.74) is 2.60. The molecule has 5 nitrogen and oxygen atoms in total. The van der Waals surface area contributed by atoms with Crippen molar-refractivity contribution in [2.24, 2.45) is 17.3 Å². The second-order valence-corrected chi connectivity index (χ2v) is 8.21. The van der Waals surface area contributed by atoms with Crippen molar-refractivity contribution in [2.75, 3.05) is 0 Å². The molecule has 0 radical (unpaired) electrons. The zero-order valence-electron chi connectivity index (χ0n) is 14.6. The Hall–Kier alpha value is -2.80. The Balaban J connectivity index is 1.29. The SMILES string of the molecule is Fc1cccc(F)c1-c1cc2c(nn1)[C@@]1(OCc3cnccn3)C3C4[C@@H]2CC431. The van der Waals surface area contributed by atoms with Gasteiger partial charge in [0.15, 0.2) is 0 Å². The summed E-state index contributed by atoms with van der Waals surface area (Å²) in [6.45, 7) is 0.369. The van der Waals surface area contributed by atoms with E-state index in [-0.39, 0.29) is 16.7 Å². The molecule has 1 spiro atoms. The van der Waals surface area contributed by atoms with Crippen molar-refractivity contribution >= 4 is 0 Å². The summed E-state index contributed by atoms with van der Waals surface area (Å²) in [5.74, 6) is 0.272. The maximum Gasteiger partial charge on any atom is 0.135 e. The van der Waals surface area contributed by atoms with Gasteiger partial charge in [-0.2, -0.15) is 5.10 Å². The molecule has 0 N–H and O–H groups in total. The molecule has 2 aromatic heterocycles. The molecular formula is C21H14F2N4O. The molecule has 0 aliphatic heterocycles. The molecule has 138 valence electrons. The smallest absolute Gasteiger partial charge is 0.135 e. The van der Waals surface area contributed by atoms with Gasteiger partial charge >= 0.3 is 0 Å². The highest BCUT2D eigenvalue weighted by Crippen LogP contribution is 3.04. The molecule has 5 aliphatic carbocycles. The summed E-state index contributed by atoms with van der Waals surface area (Å²) >= 11 is 0. The number of ether oxygens (including phenoxy) is 1. The van der Waals surface area contributed by atoms with Crippen LogP contribution in [0.4, 0.5) is 8.78 Å². The zero-order valence-corrected chi connectivity index (χ0v) is 14.6. The second kappa shape index (κ2) is 4.60. The molecule has 5 aliphatic rings. The van der Waals surface area contributed by atoms with E-state index in [1.807, 2.05) is 6.07 Å². The molecule has 3 aromatic rings. The second-order valence-electron chi connectivity index (χ2n) is 8.21. The first-order valence-corrected chi connectivity index (χ1v) is 9.40. The van der Waals surface area contributed by atoms with Crippen LogP contribution >= 0.6 is 0 Å². The summed E-state index contributed by atoms with van der Waals surface area (Å²) in [4.78, 5) is 8.36. The van der Waals surface area contributed by atoms with E-state index in [9.17, 15) is 8.78 Å². The van der Waals surface area contributed by atoms with Gasteiger partial charge in [0.2, 0.25) is 0 Å². The number of nitrogens with zero attached hydrogens (tertiary/aromatic N) is 4. The first kappa shape index (κ1) is 15.2. The Kier molecular flexibility index (Phi) is 2.49. The lowest BCUT2D eigenvalue weighted by Gasteiger charge is -2.50. The normalized spacial score (nSPS) is 34.9. The predicted molar refractivity (Wildman–Crippen MR) is 92.7 cm³/mol. The third-order valence-corrected chi connectivity index (χ3v) is 7.30. The number of hydrogen-bond donors (Lipinski definition) is 0. The van der Waals surface area contributed by atoms with Crippen molar-refractivity contribution in [2.45, 2.75) is 24.5 Å². The Morgan fingerprint density at radius 3 is 2.71 bits per heavy atom. The van der Waals surface area contributed by atoms with Gasteiger partial charge in [-0.15, -0.1) is 5.10 Å². The fraction of sp³-hybridized carbons (Fsp3) is 0.333. The monoisotopic (exact) mass is 376 g/mol. The third kappa shape index (κ3) is 1.47. The van der Waals surface area contributed by atoms with Gasteiger partial charge in [-0.25, -0.2) is 8.78 Å². The molecule has 0 amide bonds. The summed E-state index contributed by atoms with van der Waals surface area (Å²) in [7, 11) is 0. The first-order valence-electron chi connectivity index (χ1n) is 9.40. The van der Waals surface area contributed by atoms with Crippen LogP contribution in [0, 0.1) is 28.9 Å². The fourth-order valence-corrected chi connectivity index (χ4v) is 6.17. The minimum atomic E-state index is -0.625. The number of hydrogen-bond acceptors (Lipinski definition) is 5. The molecule has 3 fully saturated rings. The molecule has 8 rings (SSSR count).